The van der Waals surface area contributed by atoms with Gasteiger partial charge in [0.1, 0.15) is 5.75 Å². The average molecular weight is 432 g/mol. The Hall–Kier alpha value is -1.56. The van der Waals surface area contributed by atoms with Gasteiger partial charge in [-0.05, 0) is 37.3 Å². The maximum atomic E-state index is 12.0. The van der Waals surface area contributed by atoms with Crippen molar-refractivity contribution in [1.82, 2.24) is 0 Å². The van der Waals surface area contributed by atoms with Gasteiger partial charge in [0.05, 0.1) is 5.02 Å². The first-order valence-corrected chi connectivity index (χ1v) is 8.49. The van der Waals surface area contributed by atoms with E-state index >= 15 is 0 Å². The fraction of sp³-hybridized carbons (Fsp3) is 0.176. The Labute approximate surface area is 157 Å². The molecule has 2 rings (SSSR count). The molecule has 0 aliphatic rings. The molecule has 4 nitrogen and oxygen atoms in total. The van der Waals surface area contributed by atoms with E-state index in [1.807, 2.05) is 0 Å². The van der Waals surface area contributed by atoms with Crippen LogP contribution in [0.2, 0.25) is 10.0 Å². The lowest BCUT2D eigenvalue weighted by Gasteiger charge is -2.14. The van der Waals surface area contributed by atoms with Crippen LogP contribution < -0.4 is 4.74 Å². The number of benzene rings is 2. The SMILES string of the molecule is CC(Oc1ccc(Cl)cc1Cl)C(=O)OCC(=O)c1ccc(Br)cc1. The predicted octanol–water partition coefficient (Wildman–Crippen LogP) is 4.95. The van der Waals surface area contributed by atoms with Gasteiger partial charge >= 0.3 is 5.97 Å². The van der Waals surface area contributed by atoms with Gasteiger partial charge in [-0.3, -0.25) is 4.79 Å². The molecule has 1 unspecified atom stereocenters. The van der Waals surface area contributed by atoms with E-state index in [-0.39, 0.29) is 17.4 Å². The minimum Gasteiger partial charge on any atom is -0.477 e. The van der Waals surface area contributed by atoms with Crippen molar-refractivity contribution in [2.75, 3.05) is 6.61 Å². The van der Waals surface area contributed by atoms with Gasteiger partial charge in [-0.2, -0.15) is 0 Å². The smallest absolute Gasteiger partial charge is 0.347 e. The lowest BCUT2D eigenvalue weighted by atomic mass is 10.1. The van der Waals surface area contributed by atoms with Crippen LogP contribution >= 0.6 is 39.1 Å². The first-order valence-electron chi connectivity index (χ1n) is 6.94. The number of hydrogen-bond acceptors (Lipinski definition) is 4. The fourth-order valence-corrected chi connectivity index (χ4v) is 2.50. The number of Topliss-reactive ketones (excluding diaryl/α,β-unsaturated/α-hetero) is 1. The summed E-state index contributed by atoms with van der Waals surface area (Å²) in [7, 11) is 0. The van der Waals surface area contributed by atoms with E-state index in [2.05, 4.69) is 15.9 Å². The summed E-state index contributed by atoms with van der Waals surface area (Å²) < 4.78 is 11.3. The monoisotopic (exact) mass is 430 g/mol. The molecule has 0 N–H and O–H groups in total. The number of esters is 1. The molecule has 0 saturated carbocycles. The third-order valence-corrected chi connectivity index (χ3v) is 4.10. The number of ether oxygens (including phenoxy) is 2. The number of halogens is 3. The number of ketones is 1. The molecular weight excluding hydrogens is 419 g/mol. The van der Waals surface area contributed by atoms with Crippen LogP contribution in [0.3, 0.4) is 0 Å². The molecule has 7 heteroatoms. The molecule has 126 valence electrons. The van der Waals surface area contributed by atoms with Crippen molar-refractivity contribution in [3.05, 3.63) is 62.5 Å². The van der Waals surface area contributed by atoms with Gasteiger partial charge in [-0.25, -0.2) is 4.79 Å². The Balaban J connectivity index is 1.89. The van der Waals surface area contributed by atoms with Crippen LogP contribution in [0, 0.1) is 0 Å². The van der Waals surface area contributed by atoms with Crippen LogP contribution in [-0.2, 0) is 9.53 Å². The summed E-state index contributed by atoms with van der Waals surface area (Å²) in [5, 5.41) is 0.746. The molecule has 0 spiro atoms. The average Bonchev–Trinajstić information content (AvgIpc) is 2.55. The molecule has 0 bridgehead atoms. The van der Waals surface area contributed by atoms with Crippen molar-refractivity contribution in [3.8, 4) is 5.75 Å². The van der Waals surface area contributed by atoms with Crippen LogP contribution in [0.1, 0.15) is 17.3 Å². The van der Waals surface area contributed by atoms with Crippen LogP contribution in [-0.4, -0.2) is 24.5 Å². The lowest BCUT2D eigenvalue weighted by Crippen LogP contribution is -2.28. The highest BCUT2D eigenvalue weighted by Gasteiger charge is 2.19. The summed E-state index contributed by atoms with van der Waals surface area (Å²) in [6.07, 6.45) is -0.915. The highest BCUT2D eigenvalue weighted by Crippen LogP contribution is 2.28. The highest BCUT2D eigenvalue weighted by molar-refractivity contribution is 9.10. The summed E-state index contributed by atoms with van der Waals surface area (Å²) in [6.45, 7) is 1.15. The van der Waals surface area contributed by atoms with Crippen molar-refractivity contribution in [2.45, 2.75) is 13.0 Å². The molecule has 1 atom stereocenters. The molecule has 0 radical (unpaired) electrons. The van der Waals surface area contributed by atoms with E-state index in [1.165, 1.54) is 13.0 Å². The molecule has 0 amide bonds. The van der Waals surface area contributed by atoms with Crippen molar-refractivity contribution in [2.24, 2.45) is 0 Å². The lowest BCUT2D eigenvalue weighted by molar-refractivity contribution is -0.149. The Kier molecular flexibility index (Phi) is 6.66. The second kappa shape index (κ2) is 8.51. The maximum Gasteiger partial charge on any atom is 0.347 e. The molecule has 0 aliphatic carbocycles. The minimum absolute atomic E-state index is 0.285. The molecule has 24 heavy (non-hydrogen) atoms. The minimum atomic E-state index is -0.915. The fourth-order valence-electron chi connectivity index (χ4n) is 1.78. The molecule has 0 saturated heterocycles. The van der Waals surface area contributed by atoms with E-state index < -0.39 is 12.1 Å². The van der Waals surface area contributed by atoms with Crippen LogP contribution in [0.25, 0.3) is 0 Å². The summed E-state index contributed by atoms with van der Waals surface area (Å²) in [5.41, 5.74) is 0.459. The van der Waals surface area contributed by atoms with Crippen molar-refractivity contribution in [1.29, 1.82) is 0 Å². The van der Waals surface area contributed by atoms with Crippen molar-refractivity contribution < 1.29 is 19.1 Å². The van der Waals surface area contributed by atoms with Gasteiger partial charge in [-0.15, -0.1) is 0 Å². The molecule has 0 heterocycles. The Morgan fingerprint density at radius 1 is 1.12 bits per heavy atom. The van der Waals surface area contributed by atoms with E-state index in [9.17, 15) is 9.59 Å². The molecule has 2 aromatic rings. The normalized spacial score (nSPS) is 11.7. The summed E-state index contributed by atoms with van der Waals surface area (Å²) in [5.74, 6) is -0.649. The summed E-state index contributed by atoms with van der Waals surface area (Å²) >= 11 is 15.1. The van der Waals surface area contributed by atoms with Crippen LogP contribution in [0.5, 0.6) is 5.75 Å². The Bertz CT molecular complexity index is 747. The number of carbonyl (C=O) groups excluding carboxylic acids is 2. The zero-order valence-corrected chi connectivity index (χ0v) is 15.7. The van der Waals surface area contributed by atoms with Gasteiger partial charge in [0.15, 0.2) is 18.5 Å². The zero-order valence-electron chi connectivity index (χ0n) is 12.6. The maximum absolute atomic E-state index is 12.0. The molecule has 0 aliphatic heterocycles. The van der Waals surface area contributed by atoms with E-state index in [0.717, 1.165) is 4.47 Å². The van der Waals surface area contributed by atoms with Gasteiger partial charge in [0.2, 0.25) is 0 Å². The molecule has 0 fully saturated rings. The third kappa shape index (κ3) is 5.23. The number of rotatable bonds is 6. The summed E-state index contributed by atoms with van der Waals surface area (Å²) in [4.78, 5) is 23.9. The second-order valence-electron chi connectivity index (χ2n) is 4.87. The van der Waals surface area contributed by atoms with E-state index in [4.69, 9.17) is 32.7 Å². The van der Waals surface area contributed by atoms with Crippen LogP contribution in [0.4, 0.5) is 0 Å². The Morgan fingerprint density at radius 2 is 1.79 bits per heavy atom. The van der Waals surface area contributed by atoms with Crippen molar-refractivity contribution in [3.63, 3.8) is 0 Å². The molecule has 2 aromatic carbocycles. The van der Waals surface area contributed by atoms with E-state index in [1.54, 1.807) is 36.4 Å². The first kappa shape index (κ1) is 18.8. The van der Waals surface area contributed by atoms with Gasteiger partial charge in [-0.1, -0.05) is 51.3 Å². The second-order valence-corrected chi connectivity index (χ2v) is 6.63. The zero-order chi connectivity index (χ0) is 17.7. The Morgan fingerprint density at radius 3 is 2.42 bits per heavy atom. The molecule has 0 aromatic heterocycles. The van der Waals surface area contributed by atoms with Gasteiger partial charge in [0, 0.05) is 15.1 Å². The van der Waals surface area contributed by atoms with E-state index in [0.29, 0.717) is 16.3 Å². The number of hydrogen-bond donors (Lipinski definition) is 0. The number of carbonyl (C=O) groups is 2. The van der Waals surface area contributed by atoms with Gasteiger partial charge in [0.25, 0.3) is 0 Å². The first-order chi connectivity index (χ1) is 11.4. The topological polar surface area (TPSA) is 52.6 Å². The quantitative estimate of drug-likeness (QED) is 0.479. The standard InChI is InChI=1S/C17H13BrCl2O4/c1-10(24-16-7-6-13(19)8-14(16)20)17(22)23-9-15(21)11-2-4-12(18)5-3-11/h2-8,10H,9H2,1H3. The predicted molar refractivity (Wildman–Crippen MR) is 96.0 cm³/mol. The third-order valence-electron chi connectivity index (χ3n) is 3.04. The largest absolute Gasteiger partial charge is 0.477 e. The highest BCUT2D eigenvalue weighted by atomic mass is 79.9. The summed E-state index contributed by atoms with van der Waals surface area (Å²) in [6, 6.07) is 11.4. The van der Waals surface area contributed by atoms with Gasteiger partial charge < -0.3 is 9.47 Å². The molecular formula is C17H13BrCl2O4. The van der Waals surface area contributed by atoms with Crippen molar-refractivity contribution >= 4 is 50.9 Å². The van der Waals surface area contributed by atoms with Crippen LogP contribution in [0.15, 0.2) is 46.9 Å².